The number of carbonyl (C=O) groups excluding carboxylic acids is 1. The topological polar surface area (TPSA) is 85.9 Å². The standard InChI is InChI=1S/C16H31N2O5P/c1-6-12-21-24(20,22-13-7-2)14-11-17-9-8-10-18-15(19)23-16(3,4)5/h6-7,17H,1-2,8-14H2,3-5H3,(H,18,19). The lowest BCUT2D eigenvalue weighted by Gasteiger charge is -2.19. The summed E-state index contributed by atoms with van der Waals surface area (Å²) in [6.45, 7) is 14.5. The first-order chi connectivity index (χ1) is 11.2. The zero-order valence-electron chi connectivity index (χ0n) is 15.0. The molecule has 0 aliphatic rings. The zero-order chi connectivity index (χ0) is 18.5. The van der Waals surface area contributed by atoms with Gasteiger partial charge in [0.2, 0.25) is 0 Å². The van der Waals surface area contributed by atoms with E-state index in [-0.39, 0.29) is 19.4 Å². The first-order valence-corrected chi connectivity index (χ1v) is 9.73. The van der Waals surface area contributed by atoms with Gasteiger partial charge in [0.15, 0.2) is 0 Å². The van der Waals surface area contributed by atoms with Crippen LogP contribution in [0.2, 0.25) is 0 Å². The summed E-state index contributed by atoms with van der Waals surface area (Å²) in [7, 11) is -3.14. The number of amides is 1. The highest BCUT2D eigenvalue weighted by atomic mass is 31.2. The Morgan fingerprint density at radius 3 is 2.17 bits per heavy atom. The van der Waals surface area contributed by atoms with Crippen LogP contribution >= 0.6 is 7.60 Å². The van der Waals surface area contributed by atoms with Crippen LogP contribution in [-0.4, -0.2) is 50.7 Å². The number of hydrogen-bond donors (Lipinski definition) is 2. The molecule has 0 unspecified atom stereocenters. The normalized spacial score (nSPS) is 11.8. The minimum Gasteiger partial charge on any atom is -0.444 e. The Labute approximate surface area is 145 Å². The number of carbonyl (C=O) groups is 1. The van der Waals surface area contributed by atoms with Crippen LogP contribution < -0.4 is 10.6 Å². The fourth-order valence-corrected chi connectivity index (χ4v) is 2.99. The Morgan fingerprint density at radius 2 is 1.67 bits per heavy atom. The van der Waals surface area contributed by atoms with E-state index in [4.69, 9.17) is 13.8 Å². The molecule has 0 atom stereocenters. The summed E-state index contributed by atoms with van der Waals surface area (Å²) in [6.07, 6.45) is 3.61. The highest BCUT2D eigenvalue weighted by molar-refractivity contribution is 7.53. The summed E-state index contributed by atoms with van der Waals surface area (Å²) in [5, 5.41) is 5.81. The largest absolute Gasteiger partial charge is 0.444 e. The fraction of sp³-hybridized carbons (Fsp3) is 0.688. The van der Waals surface area contributed by atoms with Gasteiger partial charge in [0.1, 0.15) is 5.60 Å². The molecule has 0 fully saturated rings. The Bertz CT molecular complexity index is 419. The second kappa shape index (κ2) is 12.3. The predicted octanol–water partition coefficient (Wildman–Crippen LogP) is 3.09. The summed E-state index contributed by atoms with van der Waals surface area (Å²) in [6, 6.07) is 0. The molecule has 0 heterocycles. The van der Waals surface area contributed by atoms with Crippen molar-refractivity contribution in [1.29, 1.82) is 0 Å². The molecule has 140 valence electrons. The van der Waals surface area contributed by atoms with E-state index < -0.39 is 19.3 Å². The maximum absolute atomic E-state index is 12.4. The third-order valence-corrected chi connectivity index (χ3v) is 4.40. The van der Waals surface area contributed by atoms with Gasteiger partial charge in [0.05, 0.1) is 19.4 Å². The first kappa shape index (κ1) is 22.9. The second-order valence-electron chi connectivity index (χ2n) is 6.04. The lowest BCUT2D eigenvalue weighted by molar-refractivity contribution is 0.0527. The molecule has 8 heteroatoms. The van der Waals surface area contributed by atoms with E-state index >= 15 is 0 Å². The molecule has 7 nitrogen and oxygen atoms in total. The van der Waals surface area contributed by atoms with Gasteiger partial charge in [-0.2, -0.15) is 0 Å². The summed E-state index contributed by atoms with van der Waals surface area (Å²) in [5.41, 5.74) is -0.500. The average Bonchev–Trinajstić information content (AvgIpc) is 2.48. The highest BCUT2D eigenvalue weighted by Gasteiger charge is 2.23. The van der Waals surface area contributed by atoms with Gasteiger partial charge in [0, 0.05) is 13.1 Å². The van der Waals surface area contributed by atoms with Gasteiger partial charge in [-0.1, -0.05) is 12.2 Å². The molecule has 0 aliphatic heterocycles. The highest BCUT2D eigenvalue weighted by Crippen LogP contribution is 2.47. The molecule has 0 bridgehead atoms. The third-order valence-electron chi connectivity index (χ3n) is 2.54. The molecule has 0 aliphatic carbocycles. The molecule has 0 aromatic carbocycles. The average molecular weight is 362 g/mol. The quantitative estimate of drug-likeness (QED) is 0.297. The lowest BCUT2D eigenvalue weighted by atomic mass is 10.2. The van der Waals surface area contributed by atoms with E-state index in [9.17, 15) is 9.36 Å². The number of ether oxygens (including phenoxy) is 1. The molecular weight excluding hydrogens is 331 g/mol. The van der Waals surface area contributed by atoms with Gasteiger partial charge in [-0.05, 0) is 33.7 Å². The molecule has 0 saturated carbocycles. The van der Waals surface area contributed by atoms with Crippen molar-refractivity contribution < 1.29 is 23.1 Å². The molecule has 1 amide bonds. The smallest absolute Gasteiger partial charge is 0.407 e. The number of hydrogen-bond acceptors (Lipinski definition) is 6. The minimum absolute atomic E-state index is 0.175. The Morgan fingerprint density at radius 1 is 1.08 bits per heavy atom. The summed E-state index contributed by atoms with van der Waals surface area (Å²) in [4.78, 5) is 11.4. The number of alkyl carbamates (subject to hydrolysis) is 1. The Balaban J connectivity index is 3.85. The number of rotatable bonds is 13. The molecule has 24 heavy (non-hydrogen) atoms. The van der Waals surface area contributed by atoms with E-state index in [0.717, 1.165) is 6.42 Å². The van der Waals surface area contributed by atoms with Crippen molar-refractivity contribution in [3.05, 3.63) is 25.3 Å². The Kier molecular flexibility index (Phi) is 11.7. The van der Waals surface area contributed by atoms with Crippen LogP contribution in [0, 0.1) is 0 Å². The zero-order valence-corrected chi connectivity index (χ0v) is 15.9. The van der Waals surface area contributed by atoms with E-state index in [1.165, 1.54) is 12.2 Å². The molecule has 0 rings (SSSR count). The molecule has 0 radical (unpaired) electrons. The van der Waals surface area contributed by atoms with E-state index in [2.05, 4.69) is 23.8 Å². The van der Waals surface area contributed by atoms with Gasteiger partial charge in [-0.25, -0.2) is 4.79 Å². The maximum Gasteiger partial charge on any atom is 0.407 e. The van der Waals surface area contributed by atoms with Crippen molar-refractivity contribution in [1.82, 2.24) is 10.6 Å². The molecule has 0 aromatic heterocycles. The predicted molar refractivity (Wildman–Crippen MR) is 96.5 cm³/mol. The van der Waals surface area contributed by atoms with Crippen LogP contribution in [0.4, 0.5) is 4.79 Å². The van der Waals surface area contributed by atoms with Crippen molar-refractivity contribution in [3.8, 4) is 0 Å². The van der Waals surface area contributed by atoms with E-state index in [0.29, 0.717) is 19.6 Å². The summed E-state index contributed by atoms with van der Waals surface area (Å²) >= 11 is 0. The van der Waals surface area contributed by atoms with E-state index in [1.807, 2.05) is 20.8 Å². The SMILES string of the molecule is C=CCOP(=O)(CCNCCCNC(=O)OC(C)(C)C)OCC=C. The van der Waals surface area contributed by atoms with Crippen LogP contribution in [0.5, 0.6) is 0 Å². The van der Waals surface area contributed by atoms with Gasteiger partial charge >= 0.3 is 13.7 Å². The van der Waals surface area contributed by atoms with E-state index in [1.54, 1.807) is 0 Å². The van der Waals surface area contributed by atoms with Crippen LogP contribution in [0.1, 0.15) is 27.2 Å². The van der Waals surface area contributed by atoms with Crippen LogP contribution in [0.25, 0.3) is 0 Å². The monoisotopic (exact) mass is 362 g/mol. The number of nitrogens with one attached hydrogen (secondary N) is 2. The third kappa shape index (κ3) is 13.3. The Hall–Kier alpha value is -1.14. The van der Waals surface area contributed by atoms with Gasteiger partial charge in [-0.3, -0.25) is 4.57 Å². The lowest BCUT2D eigenvalue weighted by Crippen LogP contribution is -2.34. The van der Waals surface area contributed by atoms with Gasteiger partial charge < -0.3 is 24.4 Å². The van der Waals surface area contributed by atoms with Crippen molar-refractivity contribution in [2.75, 3.05) is 39.0 Å². The molecular formula is C16H31N2O5P. The van der Waals surface area contributed by atoms with Crippen molar-refractivity contribution in [3.63, 3.8) is 0 Å². The molecule has 0 saturated heterocycles. The summed E-state index contributed by atoms with van der Waals surface area (Å²) in [5.74, 6) is 0. The molecule has 2 N–H and O–H groups in total. The summed E-state index contributed by atoms with van der Waals surface area (Å²) < 4.78 is 28.0. The van der Waals surface area contributed by atoms with Crippen LogP contribution in [0.3, 0.4) is 0 Å². The van der Waals surface area contributed by atoms with Crippen LogP contribution in [0.15, 0.2) is 25.3 Å². The van der Waals surface area contributed by atoms with Gasteiger partial charge in [-0.15, -0.1) is 13.2 Å². The second-order valence-corrected chi connectivity index (χ2v) is 8.22. The van der Waals surface area contributed by atoms with Crippen molar-refractivity contribution in [2.24, 2.45) is 0 Å². The first-order valence-electron chi connectivity index (χ1n) is 8.00. The van der Waals surface area contributed by atoms with Gasteiger partial charge in [0.25, 0.3) is 0 Å². The van der Waals surface area contributed by atoms with Crippen LogP contribution in [-0.2, 0) is 18.3 Å². The molecule has 0 aromatic rings. The molecule has 0 spiro atoms. The van der Waals surface area contributed by atoms with Crippen molar-refractivity contribution >= 4 is 13.7 Å². The minimum atomic E-state index is -3.14. The maximum atomic E-state index is 12.4. The fourth-order valence-electron chi connectivity index (χ4n) is 1.56. The van der Waals surface area contributed by atoms with Crippen molar-refractivity contribution in [2.45, 2.75) is 32.8 Å².